The van der Waals surface area contributed by atoms with Crippen LogP contribution in [0.5, 0.6) is 11.5 Å². The lowest BCUT2D eigenvalue weighted by molar-refractivity contribution is -0.131. The van der Waals surface area contributed by atoms with Gasteiger partial charge in [-0.15, -0.1) is 0 Å². The molecule has 0 N–H and O–H groups in total. The van der Waals surface area contributed by atoms with Gasteiger partial charge >= 0.3 is 0 Å². The van der Waals surface area contributed by atoms with Gasteiger partial charge in [-0.1, -0.05) is 24.3 Å². The Kier molecular flexibility index (Phi) is 6.34. The summed E-state index contributed by atoms with van der Waals surface area (Å²) in [6.07, 6.45) is 1.71. The minimum Gasteiger partial charge on any atom is -0.497 e. The molecule has 0 aliphatic rings. The van der Waals surface area contributed by atoms with Crippen LogP contribution < -0.4 is 15.0 Å². The molecular weight excluding hydrogens is 368 g/mol. The first-order chi connectivity index (χ1) is 14.0. The van der Waals surface area contributed by atoms with Crippen molar-refractivity contribution in [3.05, 3.63) is 82.8 Å². The largest absolute Gasteiger partial charge is 0.497 e. The highest BCUT2D eigenvalue weighted by Crippen LogP contribution is 2.21. The number of hydrogen-bond donors (Lipinski definition) is 0. The van der Waals surface area contributed by atoms with Gasteiger partial charge in [0.15, 0.2) is 0 Å². The van der Waals surface area contributed by atoms with E-state index in [0.717, 1.165) is 28.2 Å². The number of hydrogen-bond acceptors (Lipinski definition) is 4. The molecule has 0 radical (unpaired) electrons. The van der Waals surface area contributed by atoms with Gasteiger partial charge in [0.2, 0.25) is 5.91 Å². The number of amides is 1. The Balaban J connectivity index is 1.74. The molecule has 0 bridgehead atoms. The van der Waals surface area contributed by atoms with E-state index in [1.165, 1.54) is 10.6 Å². The van der Waals surface area contributed by atoms with E-state index >= 15 is 0 Å². The topological polar surface area (TPSA) is 60.8 Å². The van der Waals surface area contributed by atoms with E-state index in [9.17, 15) is 9.59 Å². The summed E-state index contributed by atoms with van der Waals surface area (Å²) in [6.45, 7) is 0.409. The molecule has 0 aliphatic carbocycles. The molecule has 0 fully saturated rings. The predicted octanol–water partition coefficient (Wildman–Crippen LogP) is 3.19. The first-order valence-corrected chi connectivity index (χ1v) is 9.22. The molecule has 0 atom stereocenters. The Bertz CT molecular complexity index is 1040. The van der Waals surface area contributed by atoms with Crippen LogP contribution in [0.3, 0.4) is 0 Å². The number of aromatic nitrogens is 1. The third-order valence-electron chi connectivity index (χ3n) is 4.69. The van der Waals surface area contributed by atoms with E-state index in [0.29, 0.717) is 6.54 Å². The van der Waals surface area contributed by atoms with Gasteiger partial charge in [0.1, 0.15) is 18.0 Å². The summed E-state index contributed by atoms with van der Waals surface area (Å²) < 4.78 is 11.8. The SMILES string of the molecule is COc1ccc(-c2ccc(=O)n(CC(=O)N(C)Cc3cccc(OC)c3)c2)cc1. The van der Waals surface area contributed by atoms with Gasteiger partial charge in [-0.25, -0.2) is 0 Å². The molecule has 6 nitrogen and oxygen atoms in total. The molecule has 0 aliphatic heterocycles. The molecule has 29 heavy (non-hydrogen) atoms. The summed E-state index contributed by atoms with van der Waals surface area (Å²) in [5, 5.41) is 0. The second-order valence-electron chi connectivity index (χ2n) is 6.71. The van der Waals surface area contributed by atoms with Gasteiger partial charge < -0.3 is 18.9 Å². The maximum Gasteiger partial charge on any atom is 0.251 e. The van der Waals surface area contributed by atoms with Gasteiger partial charge in [0, 0.05) is 25.9 Å². The van der Waals surface area contributed by atoms with E-state index in [-0.39, 0.29) is 18.0 Å². The lowest BCUT2D eigenvalue weighted by Gasteiger charge is -2.18. The molecule has 1 aromatic heterocycles. The van der Waals surface area contributed by atoms with E-state index in [1.807, 2.05) is 48.5 Å². The lowest BCUT2D eigenvalue weighted by Crippen LogP contribution is -2.33. The first kappa shape index (κ1) is 20.2. The molecule has 2 aromatic carbocycles. The van der Waals surface area contributed by atoms with Crippen molar-refractivity contribution in [1.82, 2.24) is 9.47 Å². The van der Waals surface area contributed by atoms with Gasteiger partial charge in [0.05, 0.1) is 14.2 Å². The lowest BCUT2D eigenvalue weighted by atomic mass is 10.1. The van der Waals surface area contributed by atoms with Crippen molar-refractivity contribution in [1.29, 1.82) is 0 Å². The summed E-state index contributed by atoms with van der Waals surface area (Å²) >= 11 is 0. The number of carbonyl (C=O) groups excluding carboxylic acids is 1. The van der Waals surface area contributed by atoms with Crippen molar-refractivity contribution in [2.24, 2.45) is 0 Å². The number of pyridine rings is 1. The molecule has 150 valence electrons. The van der Waals surface area contributed by atoms with Gasteiger partial charge in [-0.2, -0.15) is 0 Å². The number of carbonyl (C=O) groups is 1. The fraction of sp³-hybridized carbons (Fsp3) is 0.217. The van der Waals surface area contributed by atoms with Crippen molar-refractivity contribution in [3.63, 3.8) is 0 Å². The van der Waals surface area contributed by atoms with E-state index < -0.39 is 0 Å². The van der Waals surface area contributed by atoms with E-state index in [2.05, 4.69) is 0 Å². The molecule has 0 saturated heterocycles. The van der Waals surface area contributed by atoms with E-state index in [4.69, 9.17) is 9.47 Å². The maximum atomic E-state index is 12.7. The van der Waals surface area contributed by atoms with Crippen LogP contribution >= 0.6 is 0 Å². The quantitative estimate of drug-likeness (QED) is 0.620. The van der Waals surface area contributed by atoms with E-state index in [1.54, 1.807) is 38.4 Å². The van der Waals surface area contributed by atoms with Crippen molar-refractivity contribution < 1.29 is 14.3 Å². The summed E-state index contributed by atoms with van der Waals surface area (Å²) in [5.41, 5.74) is 2.54. The predicted molar refractivity (Wildman–Crippen MR) is 112 cm³/mol. The molecule has 0 spiro atoms. The molecule has 0 unspecified atom stereocenters. The zero-order valence-electron chi connectivity index (χ0n) is 16.8. The fourth-order valence-electron chi connectivity index (χ4n) is 3.01. The van der Waals surface area contributed by atoms with Crippen LogP contribution in [0.1, 0.15) is 5.56 Å². The van der Waals surface area contributed by atoms with Crippen LogP contribution in [0.4, 0.5) is 0 Å². The standard InChI is InChI=1S/C23H24N2O4/c1-24(14-17-5-4-6-21(13-17)29-3)23(27)16-25-15-19(9-12-22(25)26)18-7-10-20(28-2)11-8-18/h4-13,15H,14,16H2,1-3H3. The Morgan fingerprint density at radius 2 is 1.62 bits per heavy atom. The summed E-state index contributed by atoms with van der Waals surface area (Å²) in [7, 11) is 4.94. The third-order valence-corrected chi connectivity index (χ3v) is 4.69. The number of ether oxygens (including phenoxy) is 2. The highest BCUT2D eigenvalue weighted by atomic mass is 16.5. The van der Waals surface area contributed by atoms with Gasteiger partial charge in [0.25, 0.3) is 5.56 Å². The van der Waals surface area contributed by atoms with Crippen molar-refractivity contribution >= 4 is 5.91 Å². The van der Waals surface area contributed by atoms with Crippen molar-refractivity contribution in [2.45, 2.75) is 13.1 Å². The first-order valence-electron chi connectivity index (χ1n) is 9.22. The fourth-order valence-corrected chi connectivity index (χ4v) is 3.01. The van der Waals surface area contributed by atoms with Gasteiger partial charge in [-0.05, 0) is 47.0 Å². The number of methoxy groups -OCH3 is 2. The second kappa shape index (κ2) is 9.10. The van der Waals surface area contributed by atoms with Crippen LogP contribution in [-0.2, 0) is 17.9 Å². The number of benzene rings is 2. The van der Waals surface area contributed by atoms with Crippen molar-refractivity contribution in [3.8, 4) is 22.6 Å². The molecule has 3 aromatic rings. The van der Waals surface area contributed by atoms with Crippen LogP contribution in [0.2, 0.25) is 0 Å². The van der Waals surface area contributed by atoms with Crippen molar-refractivity contribution in [2.75, 3.05) is 21.3 Å². The highest BCUT2D eigenvalue weighted by Gasteiger charge is 2.12. The van der Waals surface area contributed by atoms with Crippen LogP contribution in [-0.4, -0.2) is 36.6 Å². The molecule has 0 saturated carbocycles. The molecule has 1 amide bonds. The second-order valence-corrected chi connectivity index (χ2v) is 6.71. The molecule has 6 heteroatoms. The van der Waals surface area contributed by atoms with Crippen LogP contribution in [0.15, 0.2) is 71.7 Å². The van der Waals surface area contributed by atoms with Crippen LogP contribution in [0, 0.1) is 0 Å². The summed E-state index contributed by atoms with van der Waals surface area (Å²) in [5.74, 6) is 1.35. The Morgan fingerprint density at radius 3 is 2.31 bits per heavy atom. The molecule has 1 heterocycles. The minimum absolute atomic E-state index is 0.0245. The smallest absolute Gasteiger partial charge is 0.251 e. The maximum absolute atomic E-state index is 12.7. The Labute approximate surface area is 169 Å². The average Bonchev–Trinajstić information content (AvgIpc) is 2.75. The average molecular weight is 392 g/mol. The third kappa shape index (κ3) is 5.04. The number of likely N-dealkylation sites (N-methyl/N-ethyl adjacent to an activating group) is 1. The normalized spacial score (nSPS) is 10.4. The zero-order valence-corrected chi connectivity index (χ0v) is 16.8. The highest BCUT2D eigenvalue weighted by molar-refractivity contribution is 5.76. The Morgan fingerprint density at radius 1 is 0.931 bits per heavy atom. The van der Waals surface area contributed by atoms with Crippen LogP contribution in [0.25, 0.3) is 11.1 Å². The number of rotatable bonds is 7. The van der Waals surface area contributed by atoms with Gasteiger partial charge in [-0.3, -0.25) is 9.59 Å². The summed E-state index contributed by atoms with van der Waals surface area (Å²) in [6, 6.07) is 18.4. The minimum atomic E-state index is -0.217. The molecular formula is C23H24N2O4. The Hall–Kier alpha value is -3.54. The zero-order chi connectivity index (χ0) is 20.8. The number of nitrogens with zero attached hydrogens (tertiary/aromatic N) is 2. The monoisotopic (exact) mass is 392 g/mol. The summed E-state index contributed by atoms with van der Waals surface area (Å²) in [4.78, 5) is 26.5. The molecule has 3 rings (SSSR count).